The van der Waals surface area contributed by atoms with Gasteiger partial charge in [-0.15, -0.1) is 0 Å². The van der Waals surface area contributed by atoms with E-state index in [1.165, 1.54) is 12.3 Å². The number of pyridine rings is 1. The van der Waals surface area contributed by atoms with Gasteiger partial charge in [0.25, 0.3) is 0 Å². The quantitative estimate of drug-likeness (QED) is 0.775. The molecule has 0 aliphatic heterocycles. The summed E-state index contributed by atoms with van der Waals surface area (Å²) in [5.41, 5.74) is 0. The summed E-state index contributed by atoms with van der Waals surface area (Å²) in [4.78, 5) is 3.72. The van der Waals surface area contributed by atoms with Crippen LogP contribution in [0.1, 0.15) is 20.8 Å². The Morgan fingerprint density at radius 1 is 1.40 bits per heavy atom. The summed E-state index contributed by atoms with van der Waals surface area (Å²) in [6.07, 6.45) is 1.18. The maximum atomic E-state index is 12.3. The molecule has 20 heavy (non-hydrogen) atoms. The van der Waals surface area contributed by atoms with Gasteiger partial charge in [-0.2, -0.15) is 0 Å². The van der Waals surface area contributed by atoms with Gasteiger partial charge < -0.3 is 4.74 Å². The average molecular weight is 341 g/mol. The van der Waals surface area contributed by atoms with Crippen LogP contribution in [0.25, 0.3) is 0 Å². The highest BCUT2D eigenvalue weighted by Crippen LogP contribution is 2.22. The van der Waals surface area contributed by atoms with Crippen molar-refractivity contribution in [3.63, 3.8) is 0 Å². The molecule has 0 aromatic carbocycles. The van der Waals surface area contributed by atoms with Gasteiger partial charge in [0.2, 0.25) is 10.0 Å². The molecule has 0 bridgehead atoms. The van der Waals surface area contributed by atoms with Crippen LogP contribution in [0.5, 0.6) is 0 Å². The van der Waals surface area contributed by atoms with Crippen LogP contribution < -0.4 is 4.72 Å². The van der Waals surface area contributed by atoms with E-state index in [0.29, 0.717) is 13.2 Å². The smallest absolute Gasteiger partial charge is 0.242 e. The van der Waals surface area contributed by atoms with E-state index in [2.05, 4.69) is 9.71 Å². The molecule has 5 nitrogen and oxygen atoms in total. The van der Waals surface area contributed by atoms with Crippen LogP contribution >= 0.6 is 23.2 Å². The summed E-state index contributed by atoms with van der Waals surface area (Å²) in [5, 5.41) is 0.167. The first kappa shape index (κ1) is 17.7. The standard InChI is InChI=1S/C12H18Cl2N2O3S/c1-4-19-7-11(8(2)3)16-20(17,18)9-5-10(13)12(14)15-6-9/h5-6,8,11,16H,4,7H2,1-3H3. The minimum atomic E-state index is -3.71. The molecule has 8 heteroatoms. The van der Waals surface area contributed by atoms with Crippen molar-refractivity contribution < 1.29 is 13.2 Å². The molecule has 0 fully saturated rings. The lowest BCUT2D eigenvalue weighted by atomic mass is 10.1. The molecule has 1 unspecified atom stereocenters. The predicted molar refractivity (Wildman–Crippen MR) is 79.7 cm³/mol. The second kappa shape index (κ2) is 7.56. The predicted octanol–water partition coefficient (Wildman–Crippen LogP) is 2.73. The Hall–Kier alpha value is -0.400. The Labute approximate surface area is 129 Å². The molecule has 1 N–H and O–H groups in total. The summed E-state index contributed by atoms with van der Waals surface area (Å²) in [6.45, 7) is 6.52. The van der Waals surface area contributed by atoms with E-state index >= 15 is 0 Å². The van der Waals surface area contributed by atoms with Crippen LogP contribution in [0, 0.1) is 5.92 Å². The van der Waals surface area contributed by atoms with Crippen LogP contribution in [0.4, 0.5) is 0 Å². The number of nitrogens with zero attached hydrogens (tertiary/aromatic N) is 1. The largest absolute Gasteiger partial charge is 0.380 e. The van der Waals surface area contributed by atoms with Gasteiger partial charge in [-0.05, 0) is 18.9 Å². The first-order valence-electron chi connectivity index (χ1n) is 6.19. The highest BCUT2D eigenvalue weighted by molar-refractivity contribution is 7.89. The molecule has 0 aliphatic rings. The molecule has 0 amide bonds. The Morgan fingerprint density at radius 3 is 2.55 bits per heavy atom. The van der Waals surface area contributed by atoms with Crippen molar-refractivity contribution in [1.29, 1.82) is 0 Å². The second-order valence-corrected chi connectivity index (χ2v) is 7.05. The van der Waals surface area contributed by atoms with E-state index < -0.39 is 10.0 Å². The first-order chi connectivity index (χ1) is 9.27. The van der Waals surface area contributed by atoms with Gasteiger partial charge in [0.05, 0.1) is 11.6 Å². The Kier molecular flexibility index (Phi) is 6.68. The van der Waals surface area contributed by atoms with Crippen LogP contribution in [-0.4, -0.2) is 32.7 Å². The molecule has 1 heterocycles. The number of aromatic nitrogens is 1. The maximum Gasteiger partial charge on any atom is 0.242 e. The van der Waals surface area contributed by atoms with Crippen LogP contribution in [0.15, 0.2) is 17.2 Å². The third-order valence-electron chi connectivity index (χ3n) is 2.69. The van der Waals surface area contributed by atoms with Crippen molar-refractivity contribution in [2.24, 2.45) is 5.92 Å². The minimum Gasteiger partial charge on any atom is -0.380 e. The van der Waals surface area contributed by atoms with Crippen molar-refractivity contribution in [2.45, 2.75) is 31.7 Å². The summed E-state index contributed by atoms with van der Waals surface area (Å²) in [7, 11) is -3.71. The number of nitrogens with one attached hydrogen (secondary N) is 1. The molecule has 0 aliphatic carbocycles. The second-order valence-electron chi connectivity index (χ2n) is 4.57. The normalized spacial score (nSPS) is 13.7. The molecule has 0 radical (unpaired) electrons. The van der Waals surface area contributed by atoms with E-state index in [4.69, 9.17) is 27.9 Å². The molecular formula is C12H18Cl2N2O3S. The third-order valence-corrected chi connectivity index (χ3v) is 4.84. The van der Waals surface area contributed by atoms with E-state index in [9.17, 15) is 8.42 Å². The van der Waals surface area contributed by atoms with Gasteiger partial charge in [0.15, 0.2) is 0 Å². The third kappa shape index (κ3) is 4.86. The molecule has 0 saturated carbocycles. The van der Waals surface area contributed by atoms with E-state index in [1.807, 2.05) is 20.8 Å². The van der Waals surface area contributed by atoms with Gasteiger partial charge in [-0.3, -0.25) is 0 Å². The van der Waals surface area contributed by atoms with Crippen LogP contribution in [-0.2, 0) is 14.8 Å². The highest BCUT2D eigenvalue weighted by atomic mass is 35.5. The van der Waals surface area contributed by atoms with Crippen LogP contribution in [0.2, 0.25) is 10.2 Å². The SMILES string of the molecule is CCOCC(NS(=O)(=O)c1cnc(Cl)c(Cl)c1)C(C)C. The van der Waals surface area contributed by atoms with Crippen molar-refractivity contribution in [3.8, 4) is 0 Å². The fourth-order valence-electron chi connectivity index (χ4n) is 1.43. The molecule has 1 aromatic rings. The van der Waals surface area contributed by atoms with Crippen molar-refractivity contribution in [2.75, 3.05) is 13.2 Å². The molecule has 1 rings (SSSR count). The molecule has 0 spiro atoms. The minimum absolute atomic E-state index is 0.0194. The van der Waals surface area contributed by atoms with Gasteiger partial charge in [-0.1, -0.05) is 37.0 Å². The van der Waals surface area contributed by atoms with Crippen LogP contribution in [0.3, 0.4) is 0 Å². The van der Waals surface area contributed by atoms with Crippen molar-refractivity contribution in [3.05, 3.63) is 22.4 Å². The number of sulfonamides is 1. The maximum absolute atomic E-state index is 12.3. The number of ether oxygens (including phenoxy) is 1. The average Bonchev–Trinajstić information content (AvgIpc) is 2.37. The topological polar surface area (TPSA) is 68.3 Å². The Bertz CT molecular complexity index is 550. The zero-order chi connectivity index (χ0) is 15.3. The number of hydrogen-bond acceptors (Lipinski definition) is 4. The lowest BCUT2D eigenvalue weighted by Gasteiger charge is -2.22. The molecular weight excluding hydrogens is 323 g/mol. The molecule has 114 valence electrons. The van der Waals surface area contributed by atoms with Gasteiger partial charge >= 0.3 is 0 Å². The van der Waals surface area contributed by atoms with E-state index in [0.717, 1.165) is 0 Å². The van der Waals surface area contributed by atoms with Crippen molar-refractivity contribution >= 4 is 33.2 Å². The summed E-state index contributed by atoms with van der Waals surface area (Å²) in [6, 6.07) is 0.950. The van der Waals surface area contributed by atoms with E-state index in [1.54, 1.807) is 0 Å². The summed E-state index contributed by atoms with van der Waals surface area (Å²) >= 11 is 11.5. The highest BCUT2D eigenvalue weighted by Gasteiger charge is 2.23. The number of rotatable bonds is 7. The Balaban J connectivity index is 2.94. The fraction of sp³-hybridized carbons (Fsp3) is 0.583. The lowest BCUT2D eigenvalue weighted by Crippen LogP contribution is -2.41. The van der Waals surface area contributed by atoms with Crippen molar-refractivity contribution in [1.82, 2.24) is 9.71 Å². The van der Waals surface area contributed by atoms with E-state index in [-0.39, 0.29) is 27.0 Å². The monoisotopic (exact) mass is 340 g/mol. The lowest BCUT2D eigenvalue weighted by molar-refractivity contribution is 0.116. The van der Waals surface area contributed by atoms with Gasteiger partial charge in [0, 0.05) is 18.8 Å². The first-order valence-corrected chi connectivity index (χ1v) is 8.43. The fourth-order valence-corrected chi connectivity index (χ4v) is 3.10. The number of halogens is 2. The zero-order valence-electron chi connectivity index (χ0n) is 11.6. The number of hydrogen-bond donors (Lipinski definition) is 1. The zero-order valence-corrected chi connectivity index (χ0v) is 13.9. The summed E-state index contributed by atoms with van der Waals surface area (Å²) in [5.74, 6) is 0.0899. The molecule has 0 saturated heterocycles. The molecule has 1 atom stereocenters. The Morgan fingerprint density at radius 2 is 2.05 bits per heavy atom. The molecule has 1 aromatic heterocycles. The van der Waals surface area contributed by atoms with Gasteiger partial charge in [0.1, 0.15) is 10.0 Å². The summed E-state index contributed by atoms with van der Waals surface area (Å²) < 4.78 is 32.4. The van der Waals surface area contributed by atoms with Gasteiger partial charge in [-0.25, -0.2) is 18.1 Å².